The molecule has 0 saturated heterocycles. The topological polar surface area (TPSA) is 114 Å². The highest BCUT2D eigenvalue weighted by molar-refractivity contribution is 6.34. The van der Waals surface area contributed by atoms with Crippen LogP contribution in [0.1, 0.15) is 40.2 Å². The van der Waals surface area contributed by atoms with Crippen LogP contribution in [0.2, 0.25) is 10.0 Å². The van der Waals surface area contributed by atoms with Crippen molar-refractivity contribution >= 4 is 46.7 Å². The van der Waals surface area contributed by atoms with Gasteiger partial charge in [0.2, 0.25) is 11.7 Å². The van der Waals surface area contributed by atoms with Gasteiger partial charge in [0.05, 0.1) is 6.04 Å². The van der Waals surface area contributed by atoms with Crippen molar-refractivity contribution in [2.75, 3.05) is 13.2 Å². The van der Waals surface area contributed by atoms with Crippen LogP contribution in [-0.4, -0.2) is 54.7 Å². The molecule has 0 aliphatic rings. The quantitative estimate of drug-likeness (QED) is 0.211. The molecule has 0 unspecified atom stereocenters. The third-order valence-corrected chi connectivity index (χ3v) is 6.34. The fourth-order valence-electron chi connectivity index (χ4n) is 3.66. The van der Waals surface area contributed by atoms with E-state index in [4.69, 9.17) is 27.9 Å². The highest BCUT2D eigenvalue weighted by atomic mass is 35.5. The van der Waals surface area contributed by atoms with Crippen LogP contribution in [0.5, 0.6) is 5.75 Å². The van der Waals surface area contributed by atoms with Gasteiger partial charge in [-0.1, -0.05) is 63.9 Å². The maximum absolute atomic E-state index is 14.9. The number of halogens is 6. The molecule has 236 valence electrons. The molecule has 2 aromatic rings. The highest BCUT2D eigenvalue weighted by Gasteiger charge is 2.51. The standard InChI is InChI=1S/C29H33Cl2F4N3O5/c1-15(2)24(25(40)29(34,35)27(42)36-14-28(3,4)5)38-26(41)22(9-16-6-7-20(32)21(33)8-16)37-23(39)13-43-19-11-17(30)10-18(31)12-19/h6-8,10-12,15,22,24H,9,13-14H2,1-5H3,(H,36,42)(H,37,39)(H,38,41)/t22-,24-/m0/s1. The number of hydrogen-bond acceptors (Lipinski definition) is 5. The van der Waals surface area contributed by atoms with Crippen LogP contribution >= 0.6 is 23.2 Å². The number of carbonyl (C=O) groups excluding carboxylic acids is 4. The third-order valence-electron chi connectivity index (χ3n) is 5.90. The zero-order valence-corrected chi connectivity index (χ0v) is 25.6. The molecule has 0 aromatic heterocycles. The number of carbonyl (C=O) groups is 4. The first-order valence-corrected chi connectivity index (χ1v) is 13.9. The number of rotatable bonds is 13. The number of ether oxygens (including phenoxy) is 1. The van der Waals surface area contributed by atoms with Crippen LogP contribution in [0.15, 0.2) is 36.4 Å². The molecular formula is C29H33Cl2F4N3O5. The minimum absolute atomic E-state index is 0.0706. The second-order valence-electron chi connectivity index (χ2n) is 11.4. The number of hydrogen-bond donors (Lipinski definition) is 3. The predicted octanol–water partition coefficient (Wildman–Crippen LogP) is 4.89. The smallest absolute Gasteiger partial charge is 0.383 e. The van der Waals surface area contributed by atoms with Crippen molar-refractivity contribution in [3.63, 3.8) is 0 Å². The molecule has 0 aliphatic heterocycles. The van der Waals surface area contributed by atoms with E-state index in [9.17, 15) is 36.7 Å². The van der Waals surface area contributed by atoms with Crippen molar-refractivity contribution in [3.05, 3.63) is 63.6 Å². The minimum Gasteiger partial charge on any atom is -0.484 e. The van der Waals surface area contributed by atoms with Crippen molar-refractivity contribution < 1.29 is 41.5 Å². The van der Waals surface area contributed by atoms with Crippen molar-refractivity contribution in [1.82, 2.24) is 16.0 Å². The number of Topliss-reactive ketones (excluding diaryl/α,β-unsaturated/α-hetero) is 1. The van der Waals surface area contributed by atoms with E-state index >= 15 is 0 Å². The molecule has 0 heterocycles. The Morgan fingerprint density at radius 3 is 2.05 bits per heavy atom. The average Bonchev–Trinajstić information content (AvgIpc) is 2.89. The van der Waals surface area contributed by atoms with Gasteiger partial charge in [-0.05, 0) is 47.2 Å². The van der Waals surface area contributed by atoms with Gasteiger partial charge in [-0.2, -0.15) is 8.78 Å². The summed E-state index contributed by atoms with van der Waals surface area (Å²) in [7, 11) is 0. The van der Waals surface area contributed by atoms with E-state index in [0.717, 1.165) is 18.2 Å². The number of alkyl halides is 2. The molecule has 0 fully saturated rings. The maximum atomic E-state index is 14.9. The summed E-state index contributed by atoms with van der Waals surface area (Å²) < 4.78 is 62.5. The van der Waals surface area contributed by atoms with E-state index in [0.29, 0.717) is 0 Å². The maximum Gasteiger partial charge on any atom is 0.383 e. The van der Waals surface area contributed by atoms with Gasteiger partial charge in [-0.25, -0.2) is 8.78 Å². The Balaban J connectivity index is 2.27. The molecule has 3 amide bonds. The number of nitrogens with one attached hydrogen (secondary N) is 3. The van der Waals surface area contributed by atoms with Gasteiger partial charge in [0.1, 0.15) is 11.8 Å². The lowest BCUT2D eigenvalue weighted by Crippen LogP contribution is -2.59. The van der Waals surface area contributed by atoms with E-state index in [2.05, 4.69) is 10.6 Å². The fraction of sp³-hybridized carbons (Fsp3) is 0.448. The van der Waals surface area contributed by atoms with E-state index in [1.54, 1.807) is 20.8 Å². The van der Waals surface area contributed by atoms with Crippen LogP contribution in [-0.2, 0) is 25.6 Å². The molecule has 0 saturated carbocycles. The molecule has 2 atom stereocenters. The Bertz CT molecular complexity index is 1330. The summed E-state index contributed by atoms with van der Waals surface area (Å²) in [6.07, 6.45) is -0.417. The SMILES string of the molecule is CC(C)[C@H](NC(=O)[C@H](Cc1ccc(F)c(F)c1)NC(=O)COc1cc(Cl)cc(Cl)c1)C(=O)C(F)(F)C(=O)NCC(C)(C)C. The molecule has 0 bridgehead atoms. The van der Waals surface area contributed by atoms with Gasteiger partial charge in [0, 0.05) is 23.0 Å². The first-order valence-electron chi connectivity index (χ1n) is 13.1. The molecule has 2 aromatic carbocycles. The lowest BCUT2D eigenvalue weighted by Gasteiger charge is -2.28. The van der Waals surface area contributed by atoms with Gasteiger partial charge in [-0.3, -0.25) is 19.2 Å². The average molecular weight is 650 g/mol. The van der Waals surface area contributed by atoms with Crippen LogP contribution in [0.3, 0.4) is 0 Å². The van der Waals surface area contributed by atoms with Gasteiger partial charge >= 0.3 is 5.92 Å². The van der Waals surface area contributed by atoms with Crippen LogP contribution < -0.4 is 20.7 Å². The summed E-state index contributed by atoms with van der Waals surface area (Å²) in [5, 5.41) is 7.03. The second-order valence-corrected chi connectivity index (χ2v) is 12.3. The van der Waals surface area contributed by atoms with Gasteiger partial charge in [0.25, 0.3) is 11.8 Å². The summed E-state index contributed by atoms with van der Waals surface area (Å²) in [6.45, 7) is 7.05. The molecule has 8 nitrogen and oxygen atoms in total. The van der Waals surface area contributed by atoms with Gasteiger partial charge < -0.3 is 20.7 Å². The lowest BCUT2D eigenvalue weighted by atomic mass is 9.93. The van der Waals surface area contributed by atoms with Crippen molar-refractivity contribution in [2.24, 2.45) is 11.3 Å². The predicted molar refractivity (Wildman–Crippen MR) is 153 cm³/mol. The monoisotopic (exact) mass is 649 g/mol. The molecule has 14 heteroatoms. The van der Waals surface area contributed by atoms with Crippen LogP contribution in [0, 0.1) is 23.0 Å². The van der Waals surface area contributed by atoms with Crippen LogP contribution in [0.4, 0.5) is 17.6 Å². The molecule has 0 spiro atoms. The van der Waals surface area contributed by atoms with Crippen molar-refractivity contribution in [2.45, 2.75) is 59.0 Å². The molecule has 2 rings (SSSR count). The largest absolute Gasteiger partial charge is 0.484 e. The minimum atomic E-state index is -4.49. The summed E-state index contributed by atoms with van der Waals surface area (Å²) in [5.41, 5.74) is -0.477. The van der Waals surface area contributed by atoms with E-state index in [1.807, 2.05) is 5.32 Å². The van der Waals surface area contributed by atoms with Gasteiger partial charge in [0.15, 0.2) is 18.2 Å². The van der Waals surface area contributed by atoms with E-state index in [1.165, 1.54) is 32.0 Å². The Labute approximate surface area is 256 Å². The third kappa shape index (κ3) is 11.0. The lowest BCUT2D eigenvalue weighted by molar-refractivity contribution is -0.161. The Kier molecular flexibility index (Phi) is 12.4. The molecule has 43 heavy (non-hydrogen) atoms. The summed E-state index contributed by atoms with van der Waals surface area (Å²) >= 11 is 11.8. The zero-order valence-electron chi connectivity index (χ0n) is 24.1. The molecule has 3 N–H and O–H groups in total. The van der Waals surface area contributed by atoms with Gasteiger partial charge in [-0.15, -0.1) is 0 Å². The molecule has 0 radical (unpaired) electrons. The van der Waals surface area contributed by atoms with E-state index in [-0.39, 0.29) is 27.9 Å². The Morgan fingerprint density at radius 1 is 0.907 bits per heavy atom. The molecular weight excluding hydrogens is 617 g/mol. The normalized spacial score (nSPS) is 13.2. The first kappa shape index (κ1) is 35.8. The Morgan fingerprint density at radius 2 is 1.51 bits per heavy atom. The molecule has 0 aliphatic carbocycles. The highest BCUT2D eigenvalue weighted by Crippen LogP contribution is 2.24. The fourth-order valence-corrected chi connectivity index (χ4v) is 4.17. The Hall–Kier alpha value is -3.38. The number of amides is 3. The summed E-state index contributed by atoms with van der Waals surface area (Å²) in [6, 6.07) is 3.55. The van der Waals surface area contributed by atoms with Crippen molar-refractivity contribution in [3.8, 4) is 5.75 Å². The number of benzene rings is 2. The first-order chi connectivity index (χ1) is 19.8. The van der Waals surface area contributed by atoms with E-state index < -0.39 is 77.5 Å². The van der Waals surface area contributed by atoms with Crippen molar-refractivity contribution in [1.29, 1.82) is 0 Å². The second kappa shape index (κ2) is 14.9. The zero-order chi connectivity index (χ0) is 32.7. The summed E-state index contributed by atoms with van der Waals surface area (Å²) in [5.74, 6) is -13.3. The number of ketones is 1. The summed E-state index contributed by atoms with van der Waals surface area (Å²) in [4.78, 5) is 51.1. The van der Waals surface area contributed by atoms with Crippen LogP contribution in [0.25, 0.3) is 0 Å².